The Bertz CT molecular complexity index is 921. The van der Waals surface area contributed by atoms with E-state index in [-0.39, 0.29) is 5.75 Å². The highest BCUT2D eigenvalue weighted by Crippen LogP contribution is 2.35. The van der Waals surface area contributed by atoms with Crippen LogP contribution in [0.4, 0.5) is 11.4 Å². The average Bonchev–Trinajstić information content (AvgIpc) is 3.36. The van der Waals surface area contributed by atoms with Crippen molar-refractivity contribution in [2.45, 2.75) is 25.7 Å². The van der Waals surface area contributed by atoms with Gasteiger partial charge in [-0.1, -0.05) is 18.2 Å². The zero-order chi connectivity index (χ0) is 18.9. The van der Waals surface area contributed by atoms with Crippen molar-refractivity contribution >= 4 is 21.4 Å². The first-order valence-electron chi connectivity index (χ1n) is 9.58. The molecular formula is C21H26N2O3S. The molecule has 5 nitrogen and oxygen atoms in total. The lowest BCUT2D eigenvalue weighted by Crippen LogP contribution is -2.32. The van der Waals surface area contributed by atoms with Gasteiger partial charge in [0.25, 0.3) is 0 Å². The Morgan fingerprint density at radius 3 is 2.63 bits per heavy atom. The monoisotopic (exact) mass is 386 g/mol. The molecule has 0 amide bonds. The molecule has 1 saturated heterocycles. The van der Waals surface area contributed by atoms with E-state index >= 15 is 0 Å². The van der Waals surface area contributed by atoms with Gasteiger partial charge in [0.15, 0.2) is 0 Å². The smallest absolute Gasteiger partial charge is 0.235 e. The fourth-order valence-electron chi connectivity index (χ4n) is 3.98. The van der Waals surface area contributed by atoms with E-state index in [1.54, 1.807) is 11.4 Å². The van der Waals surface area contributed by atoms with Crippen LogP contribution in [0.15, 0.2) is 42.5 Å². The second kappa shape index (κ2) is 7.43. The molecule has 0 bridgehead atoms. The number of fused-ring (bicyclic) bond motifs is 1. The van der Waals surface area contributed by atoms with Crippen molar-refractivity contribution in [1.29, 1.82) is 0 Å². The van der Waals surface area contributed by atoms with Crippen LogP contribution in [0.3, 0.4) is 0 Å². The molecule has 4 rings (SSSR count). The van der Waals surface area contributed by atoms with Crippen LogP contribution in [0.25, 0.3) is 0 Å². The predicted octanol–water partition coefficient (Wildman–Crippen LogP) is 3.23. The largest absolute Gasteiger partial charge is 0.497 e. The van der Waals surface area contributed by atoms with Gasteiger partial charge in [0.1, 0.15) is 5.75 Å². The molecule has 2 aromatic carbocycles. The molecule has 2 heterocycles. The zero-order valence-electron chi connectivity index (χ0n) is 15.7. The maximum Gasteiger partial charge on any atom is 0.235 e. The Morgan fingerprint density at radius 2 is 1.85 bits per heavy atom. The standard InChI is InChI=1S/C21H26N2O3S/c1-26-20-6-4-5-17(15-20)10-14-27(24,25)23-13-9-18-7-8-19(16-21(18)23)22-11-2-3-12-22/h4-8,15-16H,2-3,9-14H2,1H3. The second-order valence-corrected chi connectivity index (χ2v) is 9.26. The van der Waals surface area contributed by atoms with Gasteiger partial charge in [-0.2, -0.15) is 0 Å². The van der Waals surface area contributed by atoms with Crippen LogP contribution >= 0.6 is 0 Å². The molecule has 1 fully saturated rings. The summed E-state index contributed by atoms with van der Waals surface area (Å²) >= 11 is 0. The van der Waals surface area contributed by atoms with Crippen molar-refractivity contribution in [3.05, 3.63) is 53.6 Å². The number of anilines is 2. The lowest BCUT2D eigenvalue weighted by atomic mass is 10.1. The Kier molecular flexibility index (Phi) is 5.00. The average molecular weight is 387 g/mol. The highest BCUT2D eigenvalue weighted by molar-refractivity contribution is 7.92. The molecule has 0 radical (unpaired) electrons. The van der Waals surface area contributed by atoms with E-state index in [1.165, 1.54) is 12.8 Å². The molecule has 6 heteroatoms. The van der Waals surface area contributed by atoms with E-state index in [4.69, 9.17) is 4.74 Å². The Morgan fingerprint density at radius 1 is 1.04 bits per heavy atom. The van der Waals surface area contributed by atoms with E-state index in [2.05, 4.69) is 23.1 Å². The summed E-state index contributed by atoms with van der Waals surface area (Å²) in [4.78, 5) is 2.35. The summed E-state index contributed by atoms with van der Waals surface area (Å²) in [5.74, 6) is 0.861. The number of rotatable bonds is 6. The molecule has 0 spiro atoms. The number of benzene rings is 2. The molecule has 2 aliphatic rings. The van der Waals surface area contributed by atoms with Crippen molar-refractivity contribution in [2.24, 2.45) is 0 Å². The van der Waals surface area contributed by atoms with E-state index in [9.17, 15) is 8.42 Å². The number of aryl methyl sites for hydroxylation is 1. The number of ether oxygens (including phenoxy) is 1. The topological polar surface area (TPSA) is 49.9 Å². The fraction of sp³-hybridized carbons (Fsp3) is 0.429. The Hall–Kier alpha value is -2.21. The maximum absolute atomic E-state index is 13.0. The molecule has 144 valence electrons. The molecule has 0 aliphatic carbocycles. The lowest BCUT2D eigenvalue weighted by molar-refractivity contribution is 0.414. The summed E-state index contributed by atoms with van der Waals surface area (Å²) < 4.78 is 32.9. The highest BCUT2D eigenvalue weighted by Gasteiger charge is 2.30. The normalized spacial score (nSPS) is 16.6. The maximum atomic E-state index is 13.0. The number of sulfonamides is 1. The van der Waals surface area contributed by atoms with Crippen molar-refractivity contribution in [3.63, 3.8) is 0 Å². The molecule has 0 atom stereocenters. The summed E-state index contributed by atoms with van der Waals surface area (Å²) in [6, 6.07) is 13.9. The second-order valence-electron chi connectivity index (χ2n) is 7.25. The van der Waals surface area contributed by atoms with E-state index in [1.807, 2.05) is 24.3 Å². The van der Waals surface area contributed by atoms with Gasteiger partial charge < -0.3 is 9.64 Å². The molecule has 0 N–H and O–H groups in total. The molecule has 0 aromatic heterocycles. The minimum atomic E-state index is -3.36. The minimum absolute atomic E-state index is 0.105. The van der Waals surface area contributed by atoms with Gasteiger partial charge in [0, 0.05) is 25.3 Å². The van der Waals surface area contributed by atoms with E-state index in [0.717, 1.165) is 47.8 Å². The van der Waals surface area contributed by atoms with Gasteiger partial charge in [-0.15, -0.1) is 0 Å². The van der Waals surface area contributed by atoms with Gasteiger partial charge in [-0.05, 0) is 61.1 Å². The molecule has 0 unspecified atom stereocenters. The van der Waals surface area contributed by atoms with Crippen LogP contribution in [0.1, 0.15) is 24.0 Å². The van der Waals surface area contributed by atoms with Gasteiger partial charge in [-0.3, -0.25) is 4.31 Å². The minimum Gasteiger partial charge on any atom is -0.497 e. The predicted molar refractivity (Wildman–Crippen MR) is 109 cm³/mol. The fourth-order valence-corrected chi connectivity index (χ4v) is 5.54. The molecular weight excluding hydrogens is 360 g/mol. The van der Waals surface area contributed by atoms with Crippen molar-refractivity contribution in [2.75, 3.05) is 41.7 Å². The van der Waals surface area contributed by atoms with Crippen LogP contribution in [-0.2, 0) is 22.9 Å². The van der Waals surface area contributed by atoms with Gasteiger partial charge in [-0.25, -0.2) is 8.42 Å². The highest BCUT2D eigenvalue weighted by atomic mass is 32.2. The van der Waals surface area contributed by atoms with Crippen molar-refractivity contribution in [1.82, 2.24) is 0 Å². The van der Waals surface area contributed by atoms with Crippen molar-refractivity contribution < 1.29 is 13.2 Å². The Balaban J connectivity index is 1.52. The third-order valence-corrected chi connectivity index (χ3v) is 7.28. The van der Waals surface area contributed by atoms with Gasteiger partial charge in [0.05, 0.1) is 18.6 Å². The van der Waals surface area contributed by atoms with Crippen LogP contribution in [0.5, 0.6) is 5.75 Å². The zero-order valence-corrected chi connectivity index (χ0v) is 16.5. The summed E-state index contributed by atoms with van der Waals surface area (Å²) in [5.41, 5.74) is 4.11. The quantitative estimate of drug-likeness (QED) is 0.765. The van der Waals surface area contributed by atoms with Crippen molar-refractivity contribution in [3.8, 4) is 5.75 Å². The van der Waals surface area contributed by atoms with Crippen LogP contribution in [0.2, 0.25) is 0 Å². The summed E-state index contributed by atoms with van der Waals surface area (Å²) in [6.07, 6.45) is 3.68. The SMILES string of the molecule is COc1cccc(CCS(=O)(=O)N2CCc3ccc(N4CCCC4)cc32)c1. The summed E-state index contributed by atoms with van der Waals surface area (Å²) in [6.45, 7) is 2.65. The van der Waals surface area contributed by atoms with Gasteiger partial charge >= 0.3 is 0 Å². The molecule has 27 heavy (non-hydrogen) atoms. The van der Waals surface area contributed by atoms with Crippen LogP contribution in [0, 0.1) is 0 Å². The molecule has 2 aliphatic heterocycles. The van der Waals surface area contributed by atoms with E-state index in [0.29, 0.717) is 13.0 Å². The third-order valence-electron chi connectivity index (χ3n) is 5.51. The summed E-state index contributed by atoms with van der Waals surface area (Å²) in [7, 11) is -1.74. The first-order valence-corrected chi connectivity index (χ1v) is 11.2. The van der Waals surface area contributed by atoms with Crippen LogP contribution < -0.4 is 13.9 Å². The molecule has 0 saturated carbocycles. The van der Waals surface area contributed by atoms with Crippen LogP contribution in [-0.4, -0.2) is 40.9 Å². The first kappa shape index (κ1) is 18.2. The number of hydrogen-bond acceptors (Lipinski definition) is 4. The first-order chi connectivity index (χ1) is 13.1. The molecule has 2 aromatic rings. The number of methoxy groups -OCH3 is 1. The van der Waals surface area contributed by atoms with Gasteiger partial charge in [0.2, 0.25) is 10.0 Å². The summed E-state index contributed by atoms with van der Waals surface area (Å²) in [5, 5.41) is 0. The lowest BCUT2D eigenvalue weighted by Gasteiger charge is -2.23. The van der Waals surface area contributed by atoms with E-state index < -0.39 is 10.0 Å². The third kappa shape index (κ3) is 3.76. The Labute approximate surface area is 161 Å². The number of hydrogen-bond donors (Lipinski definition) is 0. The number of nitrogens with zero attached hydrogens (tertiary/aromatic N) is 2.